The average Bonchev–Trinajstić information content (AvgIpc) is 2.49. The Hall–Kier alpha value is -1.80. The predicted octanol–water partition coefficient (Wildman–Crippen LogP) is 3.42. The number of aryl methyl sites for hydroxylation is 1. The van der Waals surface area contributed by atoms with E-state index in [0.29, 0.717) is 0 Å². The van der Waals surface area contributed by atoms with Crippen LogP contribution in [0.4, 0.5) is 0 Å². The highest BCUT2D eigenvalue weighted by molar-refractivity contribution is 5.27. The Labute approximate surface area is 115 Å². The second-order valence-corrected chi connectivity index (χ2v) is 4.61. The standard InChI is InChI=1S/C17H21NO/c1-19-17-11-9-16(10-12-17)14-18-13-5-8-15-6-3-2-4-7-15/h2-4,6-7,9-12,18H,5,8,13-14H2,1H3. The van der Waals surface area contributed by atoms with Crippen LogP contribution in [0.2, 0.25) is 0 Å². The third-order valence-corrected chi connectivity index (χ3v) is 3.15. The van der Waals surface area contributed by atoms with E-state index in [4.69, 9.17) is 4.74 Å². The first-order valence-electron chi connectivity index (χ1n) is 6.76. The first-order chi connectivity index (χ1) is 9.38. The van der Waals surface area contributed by atoms with Crippen LogP contribution in [0.25, 0.3) is 0 Å². The van der Waals surface area contributed by atoms with Gasteiger partial charge in [0.2, 0.25) is 0 Å². The van der Waals surface area contributed by atoms with Crippen LogP contribution < -0.4 is 10.1 Å². The zero-order valence-electron chi connectivity index (χ0n) is 11.4. The van der Waals surface area contributed by atoms with Crippen molar-refractivity contribution in [3.05, 3.63) is 65.7 Å². The predicted molar refractivity (Wildman–Crippen MR) is 79.5 cm³/mol. The molecule has 0 aromatic heterocycles. The summed E-state index contributed by atoms with van der Waals surface area (Å²) >= 11 is 0. The van der Waals surface area contributed by atoms with Crippen LogP contribution >= 0.6 is 0 Å². The second-order valence-electron chi connectivity index (χ2n) is 4.61. The zero-order chi connectivity index (χ0) is 13.3. The third-order valence-electron chi connectivity index (χ3n) is 3.15. The van der Waals surface area contributed by atoms with E-state index in [-0.39, 0.29) is 0 Å². The Morgan fingerprint density at radius 2 is 1.63 bits per heavy atom. The SMILES string of the molecule is COc1ccc(CNCCCc2ccccc2)cc1. The first-order valence-corrected chi connectivity index (χ1v) is 6.76. The van der Waals surface area contributed by atoms with Gasteiger partial charge in [-0.15, -0.1) is 0 Å². The topological polar surface area (TPSA) is 21.3 Å². The maximum absolute atomic E-state index is 5.14. The lowest BCUT2D eigenvalue weighted by Gasteiger charge is -2.06. The maximum Gasteiger partial charge on any atom is 0.118 e. The van der Waals surface area contributed by atoms with Gasteiger partial charge in [-0.05, 0) is 42.6 Å². The summed E-state index contributed by atoms with van der Waals surface area (Å²) in [6, 6.07) is 18.8. The van der Waals surface area contributed by atoms with Gasteiger partial charge in [0.25, 0.3) is 0 Å². The van der Waals surface area contributed by atoms with Gasteiger partial charge in [0.15, 0.2) is 0 Å². The number of hydrogen-bond acceptors (Lipinski definition) is 2. The molecule has 0 heterocycles. The molecule has 0 bridgehead atoms. The fourth-order valence-corrected chi connectivity index (χ4v) is 2.04. The maximum atomic E-state index is 5.14. The van der Waals surface area contributed by atoms with Crippen LogP contribution in [-0.4, -0.2) is 13.7 Å². The summed E-state index contributed by atoms with van der Waals surface area (Å²) in [6.45, 7) is 1.96. The van der Waals surface area contributed by atoms with E-state index in [1.165, 1.54) is 17.5 Å². The quantitative estimate of drug-likeness (QED) is 0.765. The summed E-state index contributed by atoms with van der Waals surface area (Å²) in [6.07, 6.45) is 2.30. The molecule has 2 nitrogen and oxygen atoms in total. The molecular formula is C17H21NO. The lowest BCUT2D eigenvalue weighted by molar-refractivity contribution is 0.414. The molecule has 0 atom stereocenters. The number of ether oxygens (including phenoxy) is 1. The van der Waals surface area contributed by atoms with Crippen LogP contribution in [0.15, 0.2) is 54.6 Å². The Bertz CT molecular complexity index is 464. The van der Waals surface area contributed by atoms with Crippen molar-refractivity contribution in [3.63, 3.8) is 0 Å². The van der Waals surface area contributed by atoms with Gasteiger partial charge < -0.3 is 10.1 Å². The minimum atomic E-state index is 0.910. The second kappa shape index (κ2) is 7.59. The molecule has 0 aliphatic rings. The van der Waals surface area contributed by atoms with Crippen LogP contribution in [0.1, 0.15) is 17.5 Å². The van der Waals surface area contributed by atoms with E-state index in [1.807, 2.05) is 12.1 Å². The van der Waals surface area contributed by atoms with Gasteiger partial charge in [0.05, 0.1) is 7.11 Å². The molecule has 0 aliphatic heterocycles. The fourth-order valence-electron chi connectivity index (χ4n) is 2.04. The van der Waals surface area contributed by atoms with E-state index < -0.39 is 0 Å². The molecule has 100 valence electrons. The molecule has 2 heteroatoms. The molecule has 2 rings (SSSR count). The number of nitrogens with one attached hydrogen (secondary N) is 1. The molecule has 2 aromatic carbocycles. The van der Waals surface area contributed by atoms with Gasteiger partial charge in [0, 0.05) is 6.54 Å². The van der Waals surface area contributed by atoms with Crippen molar-refractivity contribution in [2.24, 2.45) is 0 Å². The van der Waals surface area contributed by atoms with E-state index >= 15 is 0 Å². The largest absolute Gasteiger partial charge is 0.497 e. The molecule has 0 aliphatic carbocycles. The molecule has 0 spiro atoms. The number of hydrogen-bond donors (Lipinski definition) is 1. The van der Waals surface area contributed by atoms with Crippen molar-refractivity contribution in [2.75, 3.05) is 13.7 Å². The van der Waals surface area contributed by atoms with E-state index in [2.05, 4.69) is 47.8 Å². The summed E-state index contributed by atoms with van der Waals surface area (Å²) in [4.78, 5) is 0. The van der Waals surface area contributed by atoms with Gasteiger partial charge >= 0.3 is 0 Å². The summed E-state index contributed by atoms with van der Waals surface area (Å²) < 4.78 is 5.14. The van der Waals surface area contributed by atoms with Gasteiger partial charge in [-0.3, -0.25) is 0 Å². The highest BCUT2D eigenvalue weighted by Gasteiger charge is 1.95. The van der Waals surface area contributed by atoms with Gasteiger partial charge in [0.1, 0.15) is 5.75 Å². The van der Waals surface area contributed by atoms with Crippen molar-refractivity contribution >= 4 is 0 Å². The average molecular weight is 255 g/mol. The molecule has 1 N–H and O–H groups in total. The van der Waals surface area contributed by atoms with Crippen molar-refractivity contribution in [1.82, 2.24) is 5.32 Å². The van der Waals surface area contributed by atoms with Gasteiger partial charge in [-0.25, -0.2) is 0 Å². The monoisotopic (exact) mass is 255 g/mol. The summed E-state index contributed by atoms with van der Waals surface area (Å²) in [5.74, 6) is 0.910. The molecule has 19 heavy (non-hydrogen) atoms. The van der Waals surface area contributed by atoms with Gasteiger partial charge in [-0.1, -0.05) is 42.5 Å². The minimum Gasteiger partial charge on any atom is -0.497 e. The van der Waals surface area contributed by atoms with Crippen LogP contribution in [0.3, 0.4) is 0 Å². The molecule has 0 unspecified atom stereocenters. The van der Waals surface area contributed by atoms with Crippen LogP contribution in [-0.2, 0) is 13.0 Å². The highest BCUT2D eigenvalue weighted by atomic mass is 16.5. The van der Waals surface area contributed by atoms with E-state index in [9.17, 15) is 0 Å². The lowest BCUT2D eigenvalue weighted by atomic mass is 10.1. The Kier molecular flexibility index (Phi) is 5.45. The highest BCUT2D eigenvalue weighted by Crippen LogP contribution is 2.10. The first kappa shape index (κ1) is 13.6. The number of methoxy groups -OCH3 is 1. The Morgan fingerprint density at radius 3 is 2.32 bits per heavy atom. The van der Waals surface area contributed by atoms with Crippen molar-refractivity contribution in [2.45, 2.75) is 19.4 Å². The normalized spacial score (nSPS) is 10.4. The molecule has 0 fully saturated rings. The van der Waals surface area contributed by atoms with E-state index in [1.54, 1.807) is 7.11 Å². The molecule has 2 aromatic rings. The summed E-state index contributed by atoms with van der Waals surface area (Å²) in [7, 11) is 1.69. The molecular weight excluding hydrogens is 234 g/mol. The van der Waals surface area contributed by atoms with E-state index in [0.717, 1.165) is 25.3 Å². The molecule has 0 saturated carbocycles. The zero-order valence-corrected chi connectivity index (χ0v) is 11.4. The summed E-state index contributed by atoms with van der Waals surface area (Å²) in [5, 5.41) is 3.47. The lowest BCUT2D eigenvalue weighted by Crippen LogP contribution is -2.15. The Morgan fingerprint density at radius 1 is 0.895 bits per heavy atom. The van der Waals surface area contributed by atoms with Gasteiger partial charge in [-0.2, -0.15) is 0 Å². The number of benzene rings is 2. The van der Waals surface area contributed by atoms with Crippen molar-refractivity contribution in [3.8, 4) is 5.75 Å². The Balaban J connectivity index is 1.63. The van der Waals surface area contributed by atoms with Crippen LogP contribution in [0, 0.1) is 0 Å². The minimum absolute atomic E-state index is 0.910. The third kappa shape index (κ3) is 4.76. The molecule has 0 amide bonds. The van der Waals surface area contributed by atoms with Crippen molar-refractivity contribution < 1.29 is 4.74 Å². The van der Waals surface area contributed by atoms with Crippen molar-refractivity contribution in [1.29, 1.82) is 0 Å². The fraction of sp³-hybridized carbons (Fsp3) is 0.294. The number of rotatable bonds is 7. The summed E-state index contributed by atoms with van der Waals surface area (Å²) in [5.41, 5.74) is 2.70. The smallest absolute Gasteiger partial charge is 0.118 e. The molecule has 0 saturated heterocycles. The van der Waals surface area contributed by atoms with Crippen LogP contribution in [0.5, 0.6) is 5.75 Å². The molecule has 0 radical (unpaired) electrons.